The van der Waals surface area contributed by atoms with E-state index in [1.165, 1.54) is 17.0 Å². The van der Waals surface area contributed by atoms with Crippen molar-refractivity contribution in [2.24, 2.45) is 5.11 Å². The topological polar surface area (TPSA) is 141 Å². The van der Waals surface area contributed by atoms with Crippen molar-refractivity contribution in [2.45, 2.75) is 77.9 Å². The van der Waals surface area contributed by atoms with Crippen LogP contribution in [-0.2, 0) is 29.0 Å². The van der Waals surface area contributed by atoms with Crippen molar-refractivity contribution in [3.8, 4) is 22.3 Å². The monoisotopic (exact) mass is 655 g/mol. The predicted molar refractivity (Wildman–Crippen MR) is 182 cm³/mol. The molecule has 252 valence electrons. The second kappa shape index (κ2) is 17.3. The highest BCUT2D eigenvalue weighted by molar-refractivity contribution is 6.05. The van der Waals surface area contributed by atoms with Crippen LogP contribution in [0, 0.1) is 5.82 Å². The number of aliphatic hydroxyl groups excluding tert-OH is 2. The molecule has 0 aliphatic heterocycles. The Morgan fingerprint density at radius 1 is 0.938 bits per heavy atom. The second-order valence-corrected chi connectivity index (χ2v) is 11.8. The van der Waals surface area contributed by atoms with Crippen LogP contribution in [0.25, 0.3) is 32.7 Å². The number of carbonyl (C=O) groups is 2. The summed E-state index contributed by atoms with van der Waals surface area (Å²) in [5, 5.41) is 25.2. The summed E-state index contributed by atoms with van der Waals surface area (Å²) in [6.07, 6.45) is -2.14. The van der Waals surface area contributed by atoms with Crippen LogP contribution in [0.2, 0.25) is 0 Å². The van der Waals surface area contributed by atoms with Crippen molar-refractivity contribution in [3.63, 3.8) is 0 Å². The molecule has 2 N–H and O–H groups in total. The van der Waals surface area contributed by atoms with Gasteiger partial charge in [0.15, 0.2) is 0 Å². The Labute approximate surface area is 280 Å². The summed E-state index contributed by atoms with van der Waals surface area (Å²) in [7, 11) is 0. The third kappa shape index (κ3) is 9.32. The van der Waals surface area contributed by atoms with Crippen LogP contribution in [-0.4, -0.2) is 56.5 Å². The van der Waals surface area contributed by atoms with Crippen molar-refractivity contribution in [1.82, 2.24) is 9.47 Å². The quantitative estimate of drug-likeness (QED) is 0.0565. The molecule has 0 aliphatic carbocycles. The zero-order valence-electron chi connectivity index (χ0n) is 27.5. The third-order valence-electron chi connectivity index (χ3n) is 7.91. The zero-order chi connectivity index (χ0) is 34.6. The minimum atomic E-state index is -1.09. The summed E-state index contributed by atoms with van der Waals surface area (Å²) in [4.78, 5) is 31.1. The van der Waals surface area contributed by atoms with Gasteiger partial charge in [-0.1, -0.05) is 77.9 Å². The Morgan fingerprint density at radius 2 is 1.56 bits per heavy atom. The number of hydrogen-bond donors (Lipinski definition) is 2. The number of carbonyl (C=O) groups excluding carboxylic acids is 2. The minimum Gasteiger partial charge on any atom is -0.463 e. The Balaban J connectivity index is 1.82. The molecule has 1 amide bonds. The Kier molecular flexibility index (Phi) is 12.9. The molecule has 0 fully saturated rings. The number of aliphatic hydroxyl groups is 2. The number of esters is 1. The number of hydrogen-bond acceptors (Lipinski definition) is 6. The summed E-state index contributed by atoms with van der Waals surface area (Å²) < 4.78 is 21.2. The number of benzene rings is 3. The van der Waals surface area contributed by atoms with Crippen LogP contribution in [0.4, 0.5) is 4.39 Å². The summed E-state index contributed by atoms with van der Waals surface area (Å²) in [5.41, 5.74) is 13.9. The average Bonchev–Trinajstić information content (AvgIpc) is 3.40. The van der Waals surface area contributed by atoms with Crippen LogP contribution in [0.15, 0.2) is 90.0 Å². The van der Waals surface area contributed by atoms with Gasteiger partial charge in [0, 0.05) is 34.8 Å². The van der Waals surface area contributed by atoms with E-state index in [2.05, 4.69) is 10.0 Å². The molecule has 0 saturated carbocycles. The van der Waals surface area contributed by atoms with Crippen LogP contribution in [0.1, 0.15) is 61.8 Å². The number of aromatic nitrogens is 1. The summed E-state index contributed by atoms with van der Waals surface area (Å²) in [6.45, 7) is 5.74. The third-order valence-corrected chi connectivity index (χ3v) is 7.91. The van der Waals surface area contributed by atoms with Crippen LogP contribution in [0.3, 0.4) is 0 Å². The first-order valence-corrected chi connectivity index (χ1v) is 16.1. The molecule has 1 aromatic heterocycles. The lowest BCUT2D eigenvalue weighted by Gasteiger charge is -2.23. The van der Waals surface area contributed by atoms with Gasteiger partial charge in [-0.05, 0) is 74.4 Å². The van der Waals surface area contributed by atoms with E-state index in [1.54, 1.807) is 26.0 Å². The van der Waals surface area contributed by atoms with Gasteiger partial charge in [0.2, 0.25) is 0 Å². The summed E-state index contributed by atoms with van der Waals surface area (Å²) >= 11 is 0. The fraction of sp³-hybridized carbons (Fsp3) is 0.351. The number of amides is 1. The van der Waals surface area contributed by atoms with Crippen molar-refractivity contribution in [1.29, 1.82) is 0 Å². The number of rotatable bonds is 16. The Bertz CT molecular complexity index is 1700. The van der Waals surface area contributed by atoms with Gasteiger partial charge in [-0.15, -0.1) is 0 Å². The number of ether oxygens (including phenoxy) is 1. The molecule has 11 heteroatoms. The SMILES string of the molecule is CCn1c(CCC(O)CC(O)CC(=O)OC(C)C)c(-c2ccc(F)cc2)c(-c2ccccc2)c1C(=O)N(CN=[N+]=[N-])Cc1ccccc1. The van der Waals surface area contributed by atoms with E-state index in [0.29, 0.717) is 35.3 Å². The molecule has 0 aliphatic rings. The zero-order valence-corrected chi connectivity index (χ0v) is 27.5. The van der Waals surface area contributed by atoms with Crippen LogP contribution >= 0.6 is 0 Å². The first kappa shape index (κ1) is 35.9. The molecule has 4 aromatic rings. The molecule has 10 nitrogen and oxygen atoms in total. The normalized spacial score (nSPS) is 12.3. The maximum absolute atomic E-state index is 14.7. The van der Waals surface area contributed by atoms with Gasteiger partial charge in [0.25, 0.3) is 5.91 Å². The first-order valence-electron chi connectivity index (χ1n) is 16.1. The maximum Gasteiger partial charge on any atom is 0.308 e. The minimum absolute atomic E-state index is 0.0414. The van der Waals surface area contributed by atoms with Gasteiger partial charge in [-0.3, -0.25) is 9.59 Å². The molecule has 2 atom stereocenters. The number of halogens is 1. The van der Waals surface area contributed by atoms with Crippen molar-refractivity contribution in [3.05, 3.63) is 118 Å². The lowest BCUT2D eigenvalue weighted by molar-refractivity contribution is -0.149. The van der Waals surface area contributed by atoms with Crippen molar-refractivity contribution < 1.29 is 28.9 Å². The molecular weight excluding hydrogens is 613 g/mol. The highest BCUT2D eigenvalue weighted by Gasteiger charge is 2.31. The van der Waals surface area contributed by atoms with E-state index in [4.69, 9.17) is 4.74 Å². The van der Waals surface area contributed by atoms with Gasteiger partial charge in [-0.2, -0.15) is 0 Å². The van der Waals surface area contributed by atoms with Gasteiger partial charge >= 0.3 is 5.97 Å². The predicted octanol–water partition coefficient (Wildman–Crippen LogP) is 7.28. The fourth-order valence-corrected chi connectivity index (χ4v) is 5.88. The fourth-order valence-electron chi connectivity index (χ4n) is 5.88. The van der Waals surface area contributed by atoms with E-state index < -0.39 is 24.0 Å². The van der Waals surface area contributed by atoms with E-state index in [0.717, 1.165) is 16.8 Å². The van der Waals surface area contributed by atoms with E-state index in [1.807, 2.05) is 72.2 Å². The Morgan fingerprint density at radius 3 is 2.17 bits per heavy atom. The highest BCUT2D eigenvalue weighted by Crippen LogP contribution is 2.42. The molecule has 0 spiro atoms. The lowest BCUT2D eigenvalue weighted by Crippen LogP contribution is -2.33. The molecule has 4 rings (SSSR count). The smallest absolute Gasteiger partial charge is 0.308 e. The lowest BCUT2D eigenvalue weighted by atomic mass is 9.92. The highest BCUT2D eigenvalue weighted by atomic mass is 19.1. The molecule has 1 heterocycles. The Hall–Kier alpha value is -4.96. The van der Waals surface area contributed by atoms with Gasteiger partial charge in [0.1, 0.15) is 18.2 Å². The molecule has 0 bridgehead atoms. The van der Waals surface area contributed by atoms with Gasteiger partial charge < -0.3 is 24.4 Å². The first-order chi connectivity index (χ1) is 23.1. The number of nitrogens with zero attached hydrogens (tertiary/aromatic N) is 5. The van der Waals surface area contributed by atoms with Crippen molar-refractivity contribution in [2.75, 3.05) is 6.67 Å². The molecule has 0 radical (unpaired) electrons. The number of azide groups is 1. The van der Waals surface area contributed by atoms with Crippen LogP contribution < -0.4 is 0 Å². The van der Waals surface area contributed by atoms with E-state index in [9.17, 15) is 29.7 Å². The van der Waals surface area contributed by atoms with Crippen LogP contribution in [0.5, 0.6) is 0 Å². The summed E-state index contributed by atoms with van der Waals surface area (Å²) in [5.74, 6) is -1.31. The second-order valence-electron chi connectivity index (χ2n) is 11.8. The molecule has 3 aromatic carbocycles. The molecule has 48 heavy (non-hydrogen) atoms. The van der Waals surface area contributed by atoms with Gasteiger partial charge in [0.05, 0.1) is 24.7 Å². The van der Waals surface area contributed by atoms with Crippen molar-refractivity contribution >= 4 is 11.9 Å². The summed E-state index contributed by atoms with van der Waals surface area (Å²) in [6, 6.07) is 24.9. The molecular formula is C37H42FN5O5. The van der Waals surface area contributed by atoms with E-state index in [-0.39, 0.29) is 44.5 Å². The van der Waals surface area contributed by atoms with E-state index >= 15 is 0 Å². The molecule has 2 unspecified atom stereocenters. The largest absolute Gasteiger partial charge is 0.463 e. The van der Waals surface area contributed by atoms with Gasteiger partial charge in [-0.25, -0.2) is 4.39 Å². The average molecular weight is 656 g/mol. The molecule has 0 saturated heterocycles. The maximum atomic E-state index is 14.7. The standard InChI is InChI=1S/C37H42FN5O5/c1-4-43-32(20-19-30(44)21-31(45)22-33(46)48-25(2)3)34(28-15-17-29(38)18-16-28)35(27-13-9-6-10-14-27)36(43)37(47)42(24-40-41-39)23-26-11-7-5-8-12-26/h5-18,25,30-31,44-45H,4,19-24H2,1-3H3.